The van der Waals surface area contributed by atoms with Crippen LogP contribution in [0.3, 0.4) is 0 Å². The maximum Gasteiger partial charge on any atom is 0.131 e. The molecule has 1 aromatic heterocycles. The van der Waals surface area contributed by atoms with Crippen LogP contribution in [0.4, 0.5) is 11.6 Å². The Morgan fingerprint density at radius 3 is 2.57 bits per heavy atom. The molecule has 2 aromatic rings. The highest BCUT2D eigenvalue weighted by molar-refractivity contribution is 5.46. The van der Waals surface area contributed by atoms with E-state index >= 15 is 0 Å². The molecule has 0 amide bonds. The van der Waals surface area contributed by atoms with Gasteiger partial charge >= 0.3 is 0 Å². The highest BCUT2D eigenvalue weighted by Gasteiger charge is 2.04. The fraction of sp³-hybridized carbons (Fsp3) is 0.368. The van der Waals surface area contributed by atoms with Gasteiger partial charge in [-0.15, -0.1) is 0 Å². The average Bonchev–Trinajstić information content (AvgIpc) is 2.62. The van der Waals surface area contributed by atoms with E-state index in [1.54, 1.807) is 11.9 Å². The van der Waals surface area contributed by atoms with E-state index in [1.807, 2.05) is 24.3 Å². The summed E-state index contributed by atoms with van der Waals surface area (Å²) < 4.78 is 0. The quantitative estimate of drug-likeness (QED) is 0.745. The first-order chi connectivity index (χ1) is 11.4. The summed E-state index contributed by atoms with van der Waals surface area (Å²) in [6.07, 6.45) is 10.3. The highest BCUT2D eigenvalue weighted by atomic mass is 15.1. The number of aromatic nitrogens is 2. The Labute approximate surface area is 138 Å². The van der Waals surface area contributed by atoms with Gasteiger partial charge in [0.2, 0.25) is 0 Å². The molecular formula is C19H24N4. The number of hydrogen-bond acceptors (Lipinski definition) is 4. The van der Waals surface area contributed by atoms with E-state index in [4.69, 9.17) is 0 Å². The monoisotopic (exact) mass is 308 g/mol. The molecule has 1 aliphatic carbocycles. The van der Waals surface area contributed by atoms with Crippen LogP contribution in [0.2, 0.25) is 0 Å². The van der Waals surface area contributed by atoms with E-state index in [1.165, 1.54) is 31.2 Å². The Bertz CT molecular complexity index is 637. The lowest BCUT2D eigenvalue weighted by Crippen LogP contribution is -2.07. The van der Waals surface area contributed by atoms with Crippen molar-refractivity contribution in [3.8, 4) is 0 Å². The van der Waals surface area contributed by atoms with Crippen molar-refractivity contribution < 1.29 is 0 Å². The van der Waals surface area contributed by atoms with Gasteiger partial charge in [-0.25, -0.2) is 9.97 Å². The molecule has 0 fully saturated rings. The average molecular weight is 308 g/mol. The number of allylic oxidation sites excluding steroid dienone is 1. The van der Waals surface area contributed by atoms with Crippen LogP contribution in [0, 0.1) is 0 Å². The second-order valence-electron chi connectivity index (χ2n) is 5.91. The SMILES string of the molecule is C1=C(CCNc2cc(NCc3ccccc3)ncn2)CCCC1. The van der Waals surface area contributed by atoms with E-state index in [-0.39, 0.29) is 0 Å². The fourth-order valence-electron chi connectivity index (χ4n) is 2.82. The van der Waals surface area contributed by atoms with Gasteiger partial charge in [0.25, 0.3) is 0 Å². The maximum atomic E-state index is 4.30. The minimum atomic E-state index is 0.768. The molecule has 1 aromatic carbocycles. The van der Waals surface area contributed by atoms with Crippen molar-refractivity contribution in [3.63, 3.8) is 0 Å². The summed E-state index contributed by atoms with van der Waals surface area (Å²) in [6, 6.07) is 12.3. The van der Waals surface area contributed by atoms with Crippen LogP contribution in [0.15, 0.2) is 54.4 Å². The number of hydrogen-bond donors (Lipinski definition) is 2. The summed E-state index contributed by atoms with van der Waals surface area (Å²) >= 11 is 0. The molecule has 4 nitrogen and oxygen atoms in total. The maximum absolute atomic E-state index is 4.30. The minimum Gasteiger partial charge on any atom is -0.370 e. The van der Waals surface area contributed by atoms with Crippen molar-refractivity contribution in [1.82, 2.24) is 9.97 Å². The lowest BCUT2D eigenvalue weighted by molar-refractivity contribution is 0.679. The summed E-state index contributed by atoms with van der Waals surface area (Å²) in [5.41, 5.74) is 2.82. The van der Waals surface area contributed by atoms with Crippen LogP contribution < -0.4 is 10.6 Å². The van der Waals surface area contributed by atoms with Gasteiger partial charge in [0.05, 0.1) is 0 Å². The van der Waals surface area contributed by atoms with Gasteiger partial charge in [0, 0.05) is 19.2 Å². The highest BCUT2D eigenvalue weighted by Crippen LogP contribution is 2.20. The first-order valence-corrected chi connectivity index (χ1v) is 8.42. The minimum absolute atomic E-state index is 0.768. The van der Waals surface area contributed by atoms with Crippen molar-refractivity contribution >= 4 is 11.6 Å². The Balaban J connectivity index is 1.48. The predicted octanol–water partition coefficient (Wildman–Crippen LogP) is 4.39. The summed E-state index contributed by atoms with van der Waals surface area (Å²) in [7, 11) is 0. The molecule has 3 rings (SSSR count). The molecule has 0 aliphatic heterocycles. The molecule has 1 heterocycles. The molecular weight excluding hydrogens is 284 g/mol. The van der Waals surface area contributed by atoms with E-state index < -0.39 is 0 Å². The van der Waals surface area contributed by atoms with Crippen molar-refractivity contribution in [3.05, 3.63) is 59.9 Å². The molecule has 4 heteroatoms. The Hall–Kier alpha value is -2.36. The molecule has 1 aliphatic rings. The lowest BCUT2D eigenvalue weighted by atomic mass is 9.97. The van der Waals surface area contributed by atoms with E-state index in [2.05, 4.69) is 38.8 Å². The molecule has 0 atom stereocenters. The van der Waals surface area contributed by atoms with Crippen LogP contribution in [0.25, 0.3) is 0 Å². The smallest absolute Gasteiger partial charge is 0.131 e. The zero-order valence-electron chi connectivity index (χ0n) is 13.5. The van der Waals surface area contributed by atoms with E-state index in [0.29, 0.717) is 0 Å². The van der Waals surface area contributed by atoms with Gasteiger partial charge in [-0.05, 0) is 37.7 Å². The van der Waals surface area contributed by atoms with Crippen LogP contribution in [0.5, 0.6) is 0 Å². The summed E-state index contributed by atoms with van der Waals surface area (Å²) in [6.45, 7) is 1.70. The van der Waals surface area contributed by atoms with Crippen LogP contribution in [0.1, 0.15) is 37.7 Å². The molecule has 0 saturated carbocycles. The van der Waals surface area contributed by atoms with Gasteiger partial charge in [-0.2, -0.15) is 0 Å². The lowest BCUT2D eigenvalue weighted by Gasteiger charge is -2.13. The number of rotatable bonds is 7. The van der Waals surface area contributed by atoms with E-state index in [9.17, 15) is 0 Å². The van der Waals surface area contributed by atoms with Gasteiger partial charge in [-0.3, -0.25) is 0 Å². The van der Waals surface area contributed by atoms with Gasteiger partial charge < -0.3 is 10.6 Å². The second-order valence-corrected chi connectivity index (χ2v) is 5.91. The van der Waals surface area contributed by atoms with Gasteiger partial charge in [-0.1, -0.05) is 42.0 Å². The largest absolute Gasteiger partial charge is 0.370 e. The summed E-state index contributed by atoms with van der Waals surface area (Å²) in [5.74, 6) is 1.73. The van der Waals surface area contributed by atoms with Crippen molar-refractivity contribution in [2.45, 2.75) is 38.6 Å². The number of anilines is 2. The van der Waals surface area contributed by atoms with E-state index in [0.717, 1.165) is 31.1 Å². The molecule has 120 valence electrons. The zero-order valence-corrected chi connectivity index (χ0v) is 13.5. The Kier molecular flexibility index (Phi) is 5.62. The first kappa shape index (κ1) is 15.5. The molecule has 0 spiro atoms. The Morgan fingerprint density at radius 1 is 0.957 bits per heavy atom. The van der Waals surface area contributed by atoms with Crippen LogP contribution in [-0.2, 0) is 6.54 Å². The van der Waals surface area contributed by atoms with Crippen LogP contribution >= 0.6 is 0 Å². The number of benzene rings is 1. The second kappa shape index (κ2) is 8.32. The first-order valence-electron chi connectivity index (χ1n) is 8.42. The van der Waals surface area contributed by atoms with Gasteiger partial charge in [0.15, 0.2) is 0 Å². The Morgan fingerprint density at radius 2 is 1.78 bits per heavy atom. The van der Waals surface area contributed by atoms with Gasteiger partial charge in [0.1, 0.15) is 18.0 Å². The number of nitrogens with zero attached hydrogens (tertiary/aromatic N) is 2. The topological polar surface area (TPSA) is 49.8 Å². The third kappa shape index (κ3) is 5.09. The molecule has 0 bridgehead atoms. The third-order valence-corrected chi connectivity index (χ3v) is 4.12. The molecule has 23 heavy (non-hydrogen) atoms. The molecule has 0 unspecified atom stereocenters. The fourth-order valence-corrected chi connectivity index (χ4v) is 2.82. The normalized spacial score (nSPS) is 14.2. The number of nitrogens with one attached hydrogen (secondary N) is 2. The van der Waals surface area contributed by atoms with Crippen molar-refractivity contribution in [2.24, 2.45) is 0 Å². The van der Waals surface area contributed by atoms with Crippen LogP contribution in [-0.4, -0.2) is 16.5 Å². The molecule has 0 radical (unpaired) electrons. The standard InChI is InChI=1S/C19H24N4/c1-3-7-16(8-4-1)11-12-20-18-13-19(23-15-22-18)21-14-17-9-5-2-6-10-17/h2,5-7,9-10,13,15H,1,3-4,8,11-12,14H2,(H2,20,21,22,23). The van der Waals surface area contributed by atoms with Crippen molar-refractivity contribution in [1.29, 1.82) is 0 Å². The molecule has 0 saturated heterocycles. The third-order valence-electron chi connectivity index (χ3n) is 4.12. The van der Waals surface area contributed by atoms with Crippen molar-refractivity contribution in [2.75, 3.05) is 17.2 Å². The molecule has 2 N–H and O–H groups in total. The zero-order chi connectivity index (χ0) is 15.7. The summed E-state index contributed by atoms with van der Waals surface area (Å²) in [4.78, 5) is 8.57. The summed E-state index contributed by atoms with van der Waals surface area (Å²) in [5, 5.41) is 6.74. The predicted molar refractivity (Wildman–Crippen MR) is 95.5 cm³/mol.